The lowest BCUT2D eigenvalue weighted by Crippen LogP contribution is -2.46. The van der Waals surface area contributed by atoms with Gasteiger partial charge in [0.2, 0.25) is 0 Å². The fraction of sp³-hybridized carbons (Fsp3) is 0.889. The molecular formula is C45H83NO10S. The smallest absolute Gasteiger partial charge is 0.408 e. The van der Waals surface area contributed by atoms with Gasteiger partial charge in [0.15, 0.2) is 5.78 Å². The summed E-state index contributed by atoms with van der Waals surface area (Å²) in [6, 6.07) is -0.965. The molecular weight excluding hydrogens is 747 g/mol. The van der Waals surface area contributed by atoms with E-state index in [0.29, 0.717) is 18.6 Å². The maximum atomic E-state index is 13.5. The summed E-state index contributed by atoms with van der Waals surface area (Å²) < 4.78 is 27.5. The lowest BCUT2D eigenvalue weighted by molar-refractivity contribution is -0.155. The van der Waals surface area contributed by atoms with Gasteiger partial charge in [-0.1, -0.05) is 117 Å². The molecule has 12 heteroatoms. The van der Waals surface area contributed by atoms with Crippen LogP contribution in [0.25, 0.3) is 0 Å². The quantitative estimate of drug-likeness (QED) is 0.0370. The Morgan fingerprint density at radius 1 is 0.649 bits per heavy atom. The number of esters is 3. The van der Waals surface area contributed by atoms with E-state index in [1.807, 2.05) is 20.8 Å². The van der Waals surface area contributed by atoms with Gasteiger partial charge in [-0.15, -0.1) is 0 Å². The summed E-state index contributed by atoms with van der Waals surface area (Å²) in [5, 5.41) is 2.65. The maximum Gasteiger partial charge on any atom is 0.408 e. The van der Waals surface area contributed by atoms with Crippen molar-refractivity contribution in [1.82, 2.24) is 5.32 Å². The number of amides is 1. The van der Waals surface area contributed by atoms with Gasteiger partial charge < -0.3 is 29.0 Å². The molecule has 3 atom stereocenters. The number of rotatable bonds is 35. The minimum absolute atomic E-state index is 0.00194. The topological polar surface area (TPSA) is 144 Å². The molecule has 334 valence electrons. The van der Waals surface area contributed by atoms with Crippen molar-refractivity contribution in [3.05, 3.63) is 0 Å². The Hall–Kier alpha value is -2.34. The predicted octanol–water partition coefficient (Wildman–Crippen LogP) is 10.9. The highest BCUT2D eigenvalue weighted by molar-refractivity contribution is 7.99. The number of carbonyl (C=O) groups is 5. The molecule has 1 N–H and O–H groups in total. The second-order valence-corrected chi connectivity index (χ2v) is 18.5. The van der Waals surface area contributed by atoms with Crippen LogP contribution in [0.5, 0.6) is 0 Å². The van der Waals surface area contributed by atoms with Gasteiger partial charge in [-0.25, -0.2) is 4.79 Å². The number of nitrogens with one attached hydrogen (secondary N) is 1. The molecule has 0 aliphatic carbocycles. The average molecular weight is 830 g/mol. The zero-order chi connectivity index (χ0) is 43.0. The van der Waals surface area contributed by atoms with E-state index in [0.717, 1.165) is 38.5 Å². The van der Waals surface area contributed by atoms with Crippen LogP contribution >= 0.6 is 11.8 Å². The van der Waals surface area contributed by atoms with Crippen LogP contribution in [-0.2, 0) is 42.9 Å². The molecule has 0 bridgehead atoms. The molecule has 0 radical (unpaired) electrons. The molecule has 0 spiro atoms. The molecule has 0 unspecified atom stereocenters. The molecule has 0 fully saturated rings. The number of ether oxygens (including phenoxy) is 5. The number of thioether (sulfide) groups is 1. The number of alkyl carbamates (subject to hydrolysis) is 1. The summed E-state index contributed by atoms with van der Waals surface area (Å²) in [7, 11) is 1.26. The van der Waals surface area contributed by atoms with Crippen LogP contribution in [0, 0.1) is 5.92 Å². The molecule has 0 heterocycles. The van der Waals surface area contributed by atoms with Gasteiger partial charge in [-0.3, -0.25) is 19.2 Å². The summed E-state index contributed by atoms with van der Waals surface area (Å²) in [5.41, 5.74) is -1.31. The number of carbonyl (C=O) groups excluding carboxylic acids is 5. The summed E-state index contributed by atoms with van der Waals surface area (Å²) >= 11 is 1.33. The van der Waals surface area contributed by atoms with Crippen LogP contribution < -0.4 is 5.32 Å². The minimum Gasteiger partial charge on any atom is -0.469 e. The van der Waals surface area contributed by atoms with Crippen molar-refractivity contribution in [2.75, 3.05) is 31.8 Å². The first kappa shape index (κ1) is 54.7. The summed E-state index contributed by atoms with van der Waals surface area (Å²) in [4.78, 5) is 64.4. The normalized spacial score (nSPS) is 13.4. The zero-order valence-electron chi connectivity index (χ0n) is 37.6. The van der Waals surface area contributed by atoms with Crippen molar-refractivity contribution in [2.45, 2.75) is 220 Å². The number of unbranched alkanes of at least 4 members (excludes halogenated alkanes) is 16. The number of Topliss-reactive ketones (excluding diaryl/α,β-unsaturated/α-hetero) is 1. The van der Waals surface area contributed by atoms with Crippen LogP contribution in [0.1, 0.15) is 197 Å². The van der Waals surface area contributed by atoms with Gasteiger partial charge in [-0.05, 0) is 60.8 Å². The van der Waals surface area contributed by atoms with Crippen molar-refractivity contribution in [3.8, 4) is 0 Å². The summed E-state index contributed by atoms with van der Waals surface area (Å²) in [6.07, 6.45) is 20.6. The maximum absolute atomic E-state index is 13.5. The molecule has 0 saturated heterocycles. The molecule has 0 saturated carbocycles. The Morgan fingerprint density at radius 3 is 1.68 bits per heavy atom. The first-order valence-corrected chi connectivity index (χ1v) is 23.3. The molecule has 0 aromatic carbocycles. The molecule has 0 aliphatic heterocycles. The Bertz CT molecular complexity index is 1090. The lowest BCUT2D eigenvalue weighted by atomic mass is 9.99. The van der Waals surface area contributed by atoms with Crippen molar-refractivity contribution in [2.24, 2.45) is 5.92 Å². The molecule has 0 rings (SSSR count). The number of hydrogen-bond acceptors (Lipinski definition) is 11. The van der Waals surface area contributed by atoms with E-state index in [1.165, 1.54) is 95.9 Å². The fourth-order valence-corrected chi connectivity index (χ4v) is 7.02. The van der Waals surface area contributed by atoms with E-state index in [-0.39, 0.29) is 43.6 Å². The van der Waals surface area contributed by atoms with Crippen molar-refractivity contribution >= 4 is 41.5 Å². The first-order valence-electron chi connectivity index (χ1n) is 22.2. The van der Waals surface area contributed by atoms with Crippen molar-refractivity contribution in [1.29, 1.82) is 0 Å². The third-order valence-corrected chi connectivity index (χ3v) is 10.4. The molecule has 0 aromatic rings. The van der Waals surface area contributed by atoms with Crippen LogP contribution in [0.2, 0.25) is 0 Å². The molecule has 57 heavy (non-hydrogen) atoms. The molecule has 0 aliphatic rings. The van der Waals surface area contributed by atoms with Gasteiger partial charge in [0.25, 0.3) is 0 Å². The highest BCUT2D eigenvalue weighted by atomic mass is 32.2. The highest BCUT2D eigenvalue weighted by Gasteiger charge is 2.31. The Balaban J connectivity index is 5.15. The van der Waals surface area contributed by atoms with Crippen LogP contribution in [-0.4, -0.2) is 85.0 Å². The van der Waals surface area contributed by atoms with E-state index in [2.05, 4.69) is 19.2 Å². The van der Waals surface area contributed by atoms with Gasteiger partial charge in [0.1, 0.15) is 18.3 Å². The third kappa shape index (κ3) is 34.3. The number of methoxy groups -OCH3 is 1. The zero-order valence-corrected chi connectivity index (χ0v) is 38.4. The average Bonchev–Trinajstić information content (AvgIpc) is 3.12. The SMILES string of the molecule is CCCCCCCCCCCC(=O)O[C@H](CCCCCCCCCCC)CC(=O)OCCSC[C@H](NC(=O)OC(C)(C)C)C(=O)C[C@@H](COC(C)(C)C)C(=O)OC. The van der Waals surface area contributed by atoms with Crippen LogP contribution in [0.15, 0.2) is 0 Å². The van der Waals surface area contributed by atoms with Crippen molar-refractivity contribution in [3.63, 3.8) is 0 Å². The summed E-state index contributed by atoms with van der Waals surface area (Å²) in [6.45, 7) is 15.2. The van der Waals surface area contributed by atoms with Gasteiger partial charge in [0.05, 0.1) is 37.7 Å². The lowest BCUT2D eigenvalue weighted by Gasteiger charge is -2.25. The Morgan fingerprint density at radius 2 is 1.18 bits per heavy atom. The van der Waals surface area contributed by atoms with E-state index in [4.69, 9.17) is 23.7 Å². The minimum atomic E-state index is -0.965. The van der Waals surface area contributed by atoms with Gasteiger partial charge in [-0.2, -0.15) is 11.8 Å². The van der Waals surface area contributed by atoms with E-state index in [9.17, 15) is 24.0 Å². The Labute approximate surface area is 351 Å². The predicted molar refractivity (Wildman–Crippen MR) is 230 cm³/mol. The third-order valence-electron chi connectivity index (χ3n) is 9.36. The number of ketones is 1. The van der Waals surface area contributed by atoms with E-state index in [1.54, 1.807) is 20.8 Å². The first-order chi connectivity index (χ1) is 27.0. The van der Waals surface area contributed by atoms with Gasteiger partial charge >= 0.3 is 24.0 Å². The second kappa shape index (κ2) is 33.5. The second-order valence-electron chi connectivity index (χ2n) is 17.3. The van der Waals surface area contributed by atoms with Crippen LogP contribution in [0.4, 0.5) is 4.79 Å². The van der Waals surface area contributed by atoms with E-state index >= 15 is 0 Å². The Kier molecular flexibility index (Phi) is 32.1. The van der Waals surface area contributed by atoms with E-state index < -0.39 is 47.3 Å². The van der Waals surface area contributed by atoms with Gasteiger partial charge in [0, 0.05) is 24.3 Å². The monoisotopic (exact) mass is 830 g/mol. The number of hydrogen-bond donors (Lipinski definition) is 1. The van der Waals surface area contributed by atoms with Crippen LogP contribution in [0.3, 0.4) is 0 Å². The standard InChI is InChI=1S/C45H83NO10S/c1-10-12-14-16-18-20-22-24-26-28-37(55-40(48)29-27-25-23-21-19-17-15-13-11-2)33-41(49)53-30-31-57-35-38(46-43(51)56-45(6,7)8)39(47)32-36(42(50)52-9)34-54-44(3,4)5/h36-38H,10-35H2,1-9H3,(H,46,51)/t36-,37+,38-/m0/s1. The molecule has 1 amide bonds. The molecule has 11 nitrogen and oxygen atoms in total. The largest absolute Gasteiger partial charge is 0.469 e. The molecule has 0 aromatic heterocycles. The van der Waals surface area contributed by atoms with Crippen molar-refractivity contribution < 1.29 is 47.7 Å². The highest BCUT2D eigenvalue weighted by Crippen LogP contribution is 2.19. The fourth-order valence-electron chi connectivity index (χ4n) is 6.15. The summed E-state index contributed by atoms with van der Waals surface area (Å²) in [5.74, 6) is -1.96.